The van der Waals surface area contributed by atoms with E-state index in [4.69, 9.17) is 0 Å². The van der Waals surface area contributed by atoms with E-state index < -0.39 is 0 Å². The average molecular weight is 253 g/mol. The van der Waals surface area contributed by atoms with Crippen molar-refractivity contribution >= 4 is 0 Å². The molecule has 0 aromatic carbocycles. The molecule has 2 aliphatic rings. The number of nitrogens with one attached hydrogen (secondary N) is 2. The molecular weight excluding hydrogens is 222 g/mol. The highest BCUT2D eigenvalue weighted by molar-refractivity contribution is 4.76. The van der Waals surface area contributed by atoms with Gasteiger partial charge in [0.2, 0.25) is 0 Å². The first-order chi connectivity index (χ1) is 8.84. The molecule has 2 rings (SSSR count). The molecule has 2 N–H and O–H groups in total. The van der Waals surface area contributed by atoms with Crippen molar-refractivity contribution < 1.29 is 0 Å². The number of hydrogen-bond donors (Lipinski definition) is 2. The molecule has 0 saturated carbocycles. The largest absolute Gasteiger partial charge is 0.314 e. The lowest BCUT2D eigenvalue weighted by molar-refractivity contribution is 0.320. The van der Waals surface area contributed by atoms with Gasteiger partial charge in [0.1, 0.15) is 0 Å². The Kier molecular flexibility index (Phi) is 6.46. The van der Waals surface area contributed by atoms with E-state index >= 15 is 0 Å². The van der Waals surface area contributed by atoms with Gasteiger partial charge in [-0.25, -0.2) is 0 Å². The molecule has 0 bridgehead atoms. The molecule has 0 radical (unpaired) electrons. The van der Waals surface area contributed by atoms with E-state index in [-0.39, 0.29) is 0 Å². The highest BCUT2D eigenvalue weighted by atomic mass is 15.2. The molecule has 3 heteroatoms. The van der Waals surface area contributed by atoms with Gasteiger partial charge < -0.3 is 15.5 Å². The van der Waals surface area contributed by atoms with Gasteiger partial charge in [0, 0.05) is 25.2 Å². The molecule has 2 atom stereocenters. The Morgan fingerprint density at radius 3 is 2.83 bits per heavy atom. The third-order valence-corrected chi connectivity index (χ3v) is 4.42. The lowest BCUT2D eigenvalue weighted by Crippen LogP contribution is -2.39. The molecule has 2 aliphatic heterocycles. The highest BCUT2D eigenvalue weighted by Crippen LogP contribution is 2.12. The van der Waals surface area contributed by atoms with Crippen LogP contribution in [0.4, 0.5) is 0 Å². The summed E-state index contributed by atoms with van der Waals surface area (Å²) >= 11 is 0. The summed E-state index contributed by atoms with van der Waals surface area (Å²) in [5.41, 5.74) is 0. The summed E-state index contributed by atoms with van der Waals surface area (Å²) in [5, 5.41) is 7.39. The van der Waals surface area contributed by atoms with Crippen LogP contribution in [0.3, 0.4) is 0 Å². The number of nitrogens with zero attached hydrogens (tertiary/aromatic N) is 1. The third-order valence-electron chi connectivity index (χ3n) is 4.42. The van der Waals surface area contributed by atoms with E-state index in [9.17, 15) is 0 Å². The van der Waals surface area contributed by atoms with Gasteiger partial charge in [-0.3, -0.25) is 0 Å². The van der Waals surface area contributed by atoms with E-state index in [2.05, 4.69) is 22.5 Å². The summed E-state index contributed by atoms with van der Waals surface area (Å²) in [6.45, 7) is 8.61. The maximum absolute atomic E-state index is 3.70. The van der Waals surface area contributed by atoms with Crippen molar-refractivity contribution in [3.63, 3.8) is 0 Å². The molecule has 0 aromatic rings. The fourth-order valence-electron chi connectivity index (χ4n) is 3.29. The van der Waals surface area contributed by atoms with Gasteiger partial charge in [-0.15, -0.1) is 0 Å². The van der Waals surface area contributed by atoms with Crippen molar-refractivity contribution in [3.05, 3.63) is 0 Å². The molecule has 0 aromatic heterocycles. The Morgan fingerprint density at radius 2 is 2.00 bits per heavy atom. The third kappa shape index (κ3) is 5.25. The second-order valence-corrected chi connectivity index (χ2v) is 6.14. The predicted molar refractivity (Wildman–Crippen MR) is 78.0 cm³/mol. The summed E-state index contributed by atoms with van der Waals surface area (Å²) in [5.74, 6) is 0. The van der Waals surface area contributed by atoms with Crippen LogP contribution in [0.25, 0.3) is 0 Å². The molecule has 106 valence electrons. The molecule has 2 heterocycles. The van der Waals surface area contributed by atoms with Crippen LogP contribution in [0.2, 0.25) is 0 Å². The Morgan fingerprint density at radius 1 is 1.17 bits per heavy atom. The second-order valence-electron chi connectivity index (χ2n) is 6.14. The zero-order valence-electron chi connectivity index (χ0n) is 12.1. The smallest absolute Gasteiger partial charge is 0.0107 e. The van der Waals surface area contributed by atoms with E-state index in [1.54, 1.807) is 0 Å². The minimum Gasteiger partial charge on any atom is -0.314 e. The van der Waals surface area contributed by atoms with Crippen LogP contribution in [-0.2, 0) is 0 Å². The van der Waals surface area contributed by atoms with E-state index in [0.717, 1.165) is 12.6 Å². The number of rotatable bonds is 6. The molecule has 3 nitrogen and oxygen atoms in total. The summed E-state index contributed by atoms with van der Waals surface area (Å²) in [7, 11) is 0. The van der Waals surface area contributed by atoms with Crippen LogP contribution < -0.4 is 10.6 Å². The van der Waals surface area contributed by atoms with Gasteiger partial charge in [-0.1, -0.05) is 12.8 Å². The molecule has 2 unspecified atom stereocenters. The maximum Gasteiger partial charge on any atom is 0.0107 e. The summed E-state index contributed by atoms with van der Waals surface area (Å²) in [4.78, 5) is 2.59. The van der Waals surface area contributed by atoms with E-state index in [1.807, 2.05) is 0 Å². The summed E-state index contributed by atoms with van der Waals surface area (Å²) in [6.07, 6.45) is 9.67. The lowest BCUT2D eigenvalue weighted by Gasteiger charge is -2.22. The van der Waals surface area contributed by atoms with Crippen LogP contribution >= 0.6 is 0 Å². The monoisotopic (exact) mass is 253 g/mol. The van der Waals surface area contributed by atoms with Crippen molar-refractivity contribution in [2.75, 3.05) is 32.7 Å². The molecule has 0 aliphatic carbocycles. The topological polar surface area (TPSA) is 27.3 Å². The molecular formula is C15H31N3. The summed E-state index contributed by atoms with van der Waals surface area (Å²) < 4.78 is 0. The van der Waals surface area contributed by atoms with Gasteiger partial charge in [0.15, 0.2) is 0 Å². The molecule has 2 saturated heterocycles. The zero-order valence-corrected chi connectivity index (χ0v) is 12.1. The van der Waals surface area contributed by atoms with Gasteiger partial charge >= 0.3 is 0 Å². The first-order valence-electron chi connectivity index (χ1n) is 8.04. The second kappa shape index (κ2) is 8.13. The summed E-state index contributed by atoms with van der Waals surface area (Å²) in [6, 6.07) is 1.41. The van der Waals surface area contributed by atoms with E-state index in [0.29, 0.717) is 6.04 Å². The van der Waals surface area contributed by atoms with E-state index in [1.165, 1.54) is 71.1 Å². The fraction of sp³-hybridized carbons (Fsp3) is 1.00. The highest BCUT2D eigenvalue weighted by Gasteiger charge is 2.15. The Balaban J connectivity index is 1.54. The number of hydrogen-bond acceptors (Lipinski definition) is 3. The average Bonchev–Trinajstić information content (AvgIpc) is 2.74. The van der Waals surface area contributed by atoms with Crippen LogP contribution in [-0.4, -0.2) is 49.7 Å². The standard InChI is InChI=1S/C15H31N3/c1-14(13-15-7-3-2-4-8-17-15)16-9-12-18-10-5-6-11-18/h14-17H,2-13H2,1H3. The first kappa shape index (κ1) is 14.3. The van der Waals surface area contributed by atoms with Crippen molar-refractivity contribution in [1.29, 1.82) is 0 Å². The van der Waals surface area contributed by atoms with Gasteiger partial charge in [-0.2, -0.15) is 0 Å². The van der Waals surface area contributed by atoms with Crippen LogP contribution in [0.5, 0.6) is 0 Å². The van der Waals surface area contributed by atoms with Crippen LogP contribution in [0, 0.1) is 0 Å². The Labute approximate surface area is 113 Å². The normalized spacial score (nSPS) is 28.2. The SMILES string of the molecule is CC(CC1CCCCCN1)NCCN1CCCC1. The quantitative estimate of drug-likeness (QED) is 0.758. The zero-order chi connectivity index (χ0) is 12.6. The molecule has 0 spiro atoms. The van der Waals surface area contributed by atoms with Crippen LogP contribution in [0.15, 0.2) is 0 Å². The minimum absolute atomic E-state index is 0.656. The molecule has 2 fully saturated rings. The van der Waals surface area contributed by atoms with Crippen molar-refractivity contribution in [3.8, 4) is 0 Å². The Bertz CT molecular complexity index is 206. The first-order valence-corrected chi connectivity index (χ1v) is 8.04. The van der Waals surface area contributed by atoms with Gasteiger partial charge in [-0.05, 0) is 58.7 Å². The lowest BCUT2D eigenvalue weighted by atomic mass is 10.0. The predicted octanol–water partition coefficient (Wildman–Crippen LogP) is 1.98. The minimum atomic E-state index is 0.656. The number of likely N-dealkylation sites (tertiary alicyclic amines) is 1. The van der Waals surface area contributed by atoms with Gasteiger partial charge in [0.05, 0.1) is 0 Å². The van der Waals surface area contributed by atoms with Gasteiger partial charge in [0.25, 0.3) is 0 Å². The van der Waals surface area contributed by atoms with Crippen LogP contribution in [0.1, 0.15) is 51.9 Å². The molecule has 0 amide bonds. The van der Waals surface area contributed by atoms with Crippen molar-refractivity contribution in [1.82, 2.24) is 15.5 Å². The van der Waals surface area contributed by atoms with Crippen molar-refractivity contribution in [2.45, 2.75) is 64.0 Å². The Hall–Kier alpha value is -0.120. The molecule has 18 heavy (non-hydrogen) atoms. The fourth-order valence-corrected chi connectivity index (χ4v) is 3.29. The maximum atomic E-state index is 3.70. The van der Waals surface area contributed by atoms with Crippen molar-refractivity contribution in [2.24, 2.45) is 0 Å².